The first-order valence-corrected chi connectivity index (χ1v) is 13.9. The second kappa shape index (κ2) is 19.9. The van der Waals surface area contributed by atoms with Crippen LogP contribution < -0.4 is 14.8 Å². The van der Waals surface area contributed by atoms with Crippen molar-refractivity contribution in [2.75, 3.05) is 20.3 Å². The number of methoxy groups -OCH3 is 1. The van der Waals surface area contributed by atoms with Gasteiger partial charge in [-0.2, -0.15) is 0 Å². The van der Waals surface area contributed by atoms with Crippen molar-refractivity contribution >= 4 is 24.1 Å². The summed E-state index contributed by atoms with van der Waals surface area (Å²) in [7, 11) is 1.28. The molecule has 0 radical (unpaired) electrons. The number of unbranched alkanes of at least 4 members (excludes halogenated alkanes) is 4. The molecule has 0 aliphatic rings. The van der Waals surface area contributed by atoms with Crippen molar-refractivity contribution in [3.8, 4) is 11.5 Å². The third kappa shape index (κ3) is 14.6. The van der Waals surface area contributed by atoms with E-state index in [-0.39, 0.29) is 37.3 Å². The lowest BCUT2D eigenvalue weighted by molar-refractivity contribution is -0.143. The minimum absolute atomic E-state index is 0.115. The SMILES string of the molecule is CCCCCOC(=O)OC(C)CN[C@@H](Cc1ccc(OC(=O)CCCC)c(OC(=O)CCCC)c1)C(=O)OC. The smallest absolute Gasteiger partial charge is 0.468 e. The van der Waals surface area contributed by atoms with Crippen molar-refractivity contribution in [2.24, 2.45) is 0 Å². The van der Waals surface area contributed by atoms with Crippen LogP contribution in [-0.4, -0.2) is 56.5 Å². The summed E-state index contributed by atoms with van der Waals surface area (Å²) in [6, 6.07) is 4.05. The lowest BCUT2D eigenvalue weighted by atomic mass is 10.0. The largest absolute Gasteiger partial charge is 0.508 e. The summed E-state index contributed by atoms with van der Waals surface area (Å²) in [6.45, 7) is 8.16. The van der Waals surface area contributed by atoms with Gasteiger partial charge in [0.1, 0.15) is 12.1 Å². The van der Waals surface area contributed by atoms with E-state index in [1.54, 1.807) is 25.1 Å². The molecule has 0 saturated heterocycles. The Morgan fingerprint density at radius 3 is 2.05 bits per heavy atom. The molecular formula is C29H45NO9. The minimum Gasteiger partial charge on any atom is -0.468 e. The molecule has 0 heterocycles. The van der Waals surface area contributed by atoms with E-state index in [1.165, 1.54) is 7.11 Å². The van der Waals surface area contributed by atoms with Crippen molar-refractivity contribution in [3.63, 3.8) is 0 Å². The van der Waals surface area contributed by atoms with Gasteiger partial charge in [-0.25, -0.2) is 4.79 Å². The van der Waals surface area contributed by atoms with E-state index in [1.807, 2.05) is 13.8 Å². The molecule has 2 atom stereocenters. The van der Waals surface area contributed by atoms with Gasteiger partial charge in [0, 0.05) is 19.4 Å². The lowest BCUT2D eigenvalue weighted by Crippen LogP contribution is -2.43. The van der Waals surface area contributed by atoms with Crippen LogP contribution in [0.5, 0.6) is 11.5 Å². The Morgan fingerprint density at radius 1 is 0.846 bits per heavy atom. The summed E-state index contributed by atoms with van der Waals surface area (Å²) in [5.74, 6) is -1.10. The number of ether oxygens (including phenoxy) is 5. The normalized spacial score (nSPS) is 12.2. The van der Waals surface area contributed by atoms with Crippen LogP contribution in [0.4, 0.5) is 4.79 Å². The molecule has 1 aromatic carbocycles. The number of hydrogen-bond acceptors (Lipinski definition) is 10. The maximum atomic E-state index is 12.5. The van der Waals surface area contributed by atoms with E-state index < -0.39 is 36.2 Å². The molecule has 1 N–H and O–H groups in total. The highest BCUT2D eigenvalue weighted by molar-refractivity contribution is 5.77. The summed E-state index contributed by atoms with van der Waals surface area (Å²) in [4.78, 5) is 48.9. The zero-order valence-electron chi connectivity index (χ0n) is 24.0. The van der Waals surface area contributed by atoms with E-state index in [9.17, 15) is 19.2 Å². The summed E-state index contributed by atoms with van der Waals surface area (Å²) in [5, 5.41) is 3.06. The predicted octanol–water partition coefficient (Wildman–Crippen LogP) is 5.28. The van der Waals surface area contributed by atoms with Gasteiger partial charge >= 0.3 is 24.1 Å². The molecule has 1 aromatic rings. The highest BCUT2D eigenvalue weighted by Gasteiger charge is 2.23. The van der Waals surface area contributed by atoms with Gasteiger partial charge in [0.05, 0.1) is 13.7 Å². The minimum atomic E-state index is -0.775. The summed E-state index contributed by atoms with van der Waals surface area (Å²) >= 11 is 0. The van der Waals surface area contributed by atoms with Crippen molar-refractivity contribution in [1.82, 2.24) is 5.32 Å². The van der Waals surface area contributed by atoms with Crippen LogP contribution in [0.3, 0.4) is 0 Å². The molecule has 0 fully saturated rings. The molecule has 0 amide bonds. The van der Waals surface area contributed by atoms with E-state index in [0.29, 0.717) is 25.0 Å². The van der Waals surface area contributed by atoms with Crippen LogP contribution in [-0.2, 0) is 35.0 Å². The van der Waals surface area contributed by atoms with E-state index in [2.05, 4.69) is 12.2 Å². The number of esters is 3. The zero-order valence-corrected chi connectivity index (χ0v) is 24.0. The first-order valence-electron chi connectivity index (χ1n) is 13.9. The lowest BCUT2D eigenvalue weighted by Gasteiger charge is -2.20. The molecule has 39 heavy (non-hydrogen) atoms. The molecule has 0 spiro atoms. The first kappa shape index (κ1) is 33.9. The molecule has 0 saturated carbocycles. The van der Waals surface area contributed by atoms with E-state index >= 15 is 0 Å². The van der Waals surface area contributed by atoms with Gasteiger partial charge < -0.3 is 29.0 Å². The van der Waals surface area contributed by atoms with Crippen LogP contribution in [0.25, 0.3) is 0 Å². The van der Waals surface area contributed by atoms with Crippen molar-refractivity contribution in [1.29, 1.82) is 0 Å². The second-order valence-corrected chi connectivity index (χ2v) is 9.36. The zero-order chi connectivity index (χ0) is 29.0. The van der Waals surface area contributed by atoms with Crippen LogP contribution >= 0.6 is 0 Å². The number of carbonyl (C=O) groups excluding carboxylic acids is 4. The molecule has 0 aliphatic heterocycles. The number of carbonyl (C=O) groups is 4. The molecule has 220 valence electrons. The van der Waals surface area contributed by atoms with E-state index in [0.717, 1.165) is 32.1 Å². The Kier molecular flexibility index (Phi) is 17.3. The summed E-state index contributed by atoms with van der Waals surface area (Å²) in [5.41, 5.74) is 0.647. The Bertz CT molecular complexity index is 903. The van der Waals surface area contributed by atoms with Crippen LogP contribution in [0.1, 0.15) is 91.0 Å². The van der Waals surface area contributed by atoms with Crippen molar-refractivity contribution < 1.29 is 42.9 Å². The highest BCUT2D eigenvalue weighted by atomic mass is 16.7. The molecule has 0 aliphatic carbocycles. The van der Waals surface area contributed by atoms with E-state index in [4.69, 9.17) is 23.7 Å². The van der Waals surface area contributed by atoms with Crippen molar-refractivity contribution in [3.05, 3.63) is 23.8 Å². The Morgan fingerprint density at radius 2 is 1.46 bits per heavy atom. The van der Waals surface area contributed by atoms with Crippen LogP contribution in [0.15, 0.2) is 18.2 Å². The van der Waals surface area contributed by atoms with Crippen LogP contribution in [0.2, 0.25) is 0 Å². The highest BCUT2D eigenvalue weighted by Crippen LogP contribution is 2.30. The number of benzene rings is 1. The van der Waals surface area contributed by atoms with Gasteiger partial charge in [0.15, 0.2) is 11.5 Å². The average Bonchev–Trinajstić information content (AvgIpc) is 2.91. The van der Waals surface area contributed by atoms with Gasteiger partial charge in [-0.15, -0.1) is 0 Å². The Balaban J connectivity index is 2.91. The fourth-order valence-electron chi connectivity index (χ4n) is 3.51. The molecule has 10 heteroatoms. The molecule has 10 nitrogen and oxygen atoms in total. The van der Waals surface area contributed by atoms with Gasteiger partial charge in [-0.3, -0.25) is 14.4 Å². The maximum Gasteiger partial charge on any atom is 0.508 e. The first-order chi connectivity index (χ1) is 18.7. The molecule has 1 rings (SSSR count). The molecule has 0 bridgehead atoms. The standard InChI is InChI=1S/C29H45NO9/c1-6-9-12-17-36-29(34)37-21(4)20-30-23(28(33)35-5)18-22-15-16-24(38-26(31)13-10-7-2)25(19-22)39-27(32)14-11-8-3/h15-16,19,21,23,30H,6-14,17-18,20H2,1-5H3/t21?,23-/m0/s1. The van der Waals surface area contributed by atoms with Gasteiger partial charge in [0.25, 0.3) is 0 Å². The topological polar surface area (TPSA) is 126 Å². The van der Waals surface area contributed by atoms with Gasteiger partial charge in [0.2, 0.25) is 0 Å². The van der Waals surface area contributed by atoms with Crippen molar-refractivity contribution in [2.45, 2.75) is 104 Å². The fourth-order valence-corrected chi connectivity index (χ4v) is 3.51. The van der Waals surface area contributed by atoms with Gasteiger partial charge in [-0.05, 0) is 50.3 Å². The molecule has 0 aromatic heterocycles. The quantitative estimate of drug-likeness (QED) is 0.138. The number of nitrogens with one attached hydrogen (secondary N) is 1. The third-order valence-corrected chi connectivity index (χ3v) is 5.77. The maximum absolute atomic E-state index is 12.5. The fraction of sp³-hybridized carbons (Fsp3) is 0.655. The Hall–Kier alpha value is -3.14. The van der Waals surface area contributed by atoms with Crippen LogP contribution in [0, 0.1) is 0 Å². The number of hydrogen-bond donors (Lipinski definition) is 1. The summed E-state index contributed by atoms with van der Waals surface area (Å²) < 4.78 is 26.2. The molecule has 1 unspecified atom stereocenters. The second-order valence-electron chi connectivity index (χ2n) is 9.36. The average molecular weight is 552 g/mol. The van der Waals surface area contributed by atoms with Gasteiger partial charge in [-0.1, -0.05) is 52.5 Å². The summed E-state index contributed by atoms with van der Waals surface area (Å²) in [6.07, 6.45) is 5.15. The predicted molar refractivity (Wildman–Crippen MR) is 146 cm³/mol. The third-order valence-electron chi connectivity index (χ3n) is 5.77. The number of rotatable bonds is 19. The molecular weight excluding hydrogens is 506 g/mol. The monoisotopic (exact) mass is 551 g/mol. The Labute approximate surface area is 232 Å².